The quantitative estimate of drug-likeness (QED) is 0.310. The lowest BCUT2D eigenvalue weighted by Crippen LogP contribution is -2.33. The van der Waals surface area contributed by atoms with Gasteiger partial charge in [0, 0.05) is 29.1 Å². The van der Waals surface area contributed by atoms with E-state index < -0.39 is 23.0 Å². The third-order valence-corrected chi connectivity index (χ3v) is 5.31. The van der Waals surface area contributed by atoms with Gasteiger partial charge in [-0.25, -0.2) is 4.39 Å². The maximum absolute atomic E-state index is 13.5. The molecule has 0 saturated carbocycles. The van der Waals surface area contributed by atoms with E-state index in [0.29, 0.717) is 35.9 Å². The van der Waals surface area contributed by atoms with Crippen molar-refractivity contribution in [1.82, 2.24) is 4.57 Å². The van der Waals surface area contributed by atoms with Crippen LogP contribution in [0.25, 0.3) is 0 Å². The zero-order valence-electron chi connectivity index (χ0n) is 17.5. The van der Waals surface area contributed by atoms with Gasteiger partial charge in [0.25, 0.3) is 0 Å². The Labute approximate surface area is 183 Å². The van der Waals surface area contributed by atoms with E-state index in [-0.39, 0.29) is 17.6 Å². The summed E-state index contributed by atoms with van der Waals surface area (Å²) in [6, 6.07) is 12.0. The summed E-state index contributed by atoms with van der Waals surface area (Å²) in [6.45, 7) is 4.09. The average Bonchev–Trinajstić information content (AvgIpc) is 3.05. The fourth-order valence-electron chi connectivity index (χ4n) is 3.70. The first-order valence-corrected chi connectivity index (χ1v) is 9.98. The number of rotatable bonds is 7. The van der Waals surface area contributed by atoms with Crippen LogP contribution in [0, 0.1) is 29.8 Å². The van der Waals surface area contributed by atoms with Crippen LogP contribution in [0.1, 0.15) is 21.7 Å². The minimum absolute atomic E-state index is 0.233. The monoisotopic (exact) mass is 440 g/mol. The Morgan fingerprint density at radius 2 is 1.97 bits per heavy atom. The van der Waals surface area contributed by atoms with E-state index in [2.05, 4.69) is 0 Å². The van der Waals surface area contributed by atoms with Gasteiger partial charge in [-0.3, -0.25) is 14.9 Å². The summed E-state index contributed by atoms with van der Waals surface area (Å²) in [7, 11) is 0. The first-order chi connectivity index (χ1) is 15.3. The number of carbonyl (C=O) groups is 1. The molecule has 0 N–H and O–H groups in total. The van der Waals surface area contributed by atoms with E-state index in [0.717, 1.165) is 23.9 Å². The lowest BCUT2D eigenvalue weighted by Gasteiger charge is -2.27. The third-order valence-electron chi connectivity index (χ3n) is 5.31. The van der Waals surface area contributed by atoms with Gasteiger partial charge < -0.3 is 18.8 Å². The Balaban J connectivity index is 1.47. The number of fused-ring (bicyclic) bond motifs is 1. The van der Waals surface area contributed by atoms with E-state index in [1.54, 1.807) is 6.07 Å². The van der Waals surface area contributed by atoms with Gasteiger partial charge in [0.1, 0.15) is 12.4 Å². The number of hydrogen-bond donors (Lipinski definition) is 0. The average molecular weight is 440 g/mol. The molecule has 9 heteroatoms. The van der Waals surface area contributed by atoms with E-state index in [9.17, 15) is 19.3 Å². The standard InChI is InChI=1S/C23H21FN2O6/c1-14-9-18(20(27)13-31-23-10-16(24)7-8-19(23)26(28)29)15(2)25(14)11-17-12-30-21-5-3-4-6-22(21)32-17/h3-10,17H,11-13H2,1-2H3/t17-/m1/s1. The summed E-state index contributed by atoms with van der Waals surface area (Å²) in [4.78, 5) is 23.2. The second kappa shape index (κ2) is 8.70. The van der Waals surface area contributed by atoms with Crippen molar-refractivity contribution in [2.75, 3.05) is 13.2 Å². The van der Waals surface area contributed by atoms with Gasteiger partial charge in [0.05, 0.1) is 11.5 Å². The van der Waals surface area contributed by atoms with Gasteiger partial charge in [-0.2, -0.15) is 0 Å². The van der Waals surface area contributed by atoms with Crippen LogP contribution in [0.15, 0.2) is 48.5 Å². The SMILES string of the molecule is Cc1cc(C(=O)COc2cc(F)ccc2[N+](=O)[O-])c(C)n1C[C@@H]1COc2ccccc2O1. The molecular formula is C23H21FN2O6. The van der Waals surface area contributed by atoms with Crippen molar-refractivity contribution in [3.8, 4) is 17.2 Å². The fourth-order valence-corrected chi connectivity index (χ4v) is 3.70. The van der Waals surface area contributed by atoms with Crippen LogP contribution >= 0.6 is 0 Å². The highest BCUT2D eigenvalue weighted by Crippen LogP contribution is 2.32. The number of nitro benzene ring substituents is 1. The number of nitro groups is 1. The number of nitrogens with zero attached hydrogens (tertiary/aromatic N) is 2. The number of aromatic nitrogens is 1. The van der Waals surface area contributed by atoms with Gasteiger partial charge in [-0.15, -0.1) is 0 Å². The lowest BCUT2D eigenvalue weighted by molar-refractivity contribution is -0.385. The number of hydrogen-bond acceptors (Lipinski definition) is 6. The molecule has 0 spiro atoms. The number of carbonyl (C=O) groups excluding carboxylic acids is 1. The van der Waals surface area contributed by atoms with Gasteiger partial charge in [-0.05, 0) is 38.1 Å². The number of benzene rings is 2. The van der Waals surface area contributed by atoms with Gasteiger partial charge in [0.2, 0.25) is 5.78 Å². The molecule has 8 nitrogen and oxygen atoms in total. The minimum Gasteiger partial charge on any atom is -0.486 e. The summed E-state index contributed by atoms with van der Waals surface area (Å²) < 4.78 is 32.5. The maximum Gasteiger partial charge on any atom is 0.311 e. The zero-order chi connectivity index (χ0) is 22.8. The molecule has 4 rings (SSSR count). The van der Waals surface area contributed by atoms with Crippen LogP contribution in [-0.2, 0) is 6.54 Å². The normalized spacial score (nSPS) is 14.8. The van der Waals surface area contributed by atoms with Crippen LogP contribution in [0.4, 0.5) is 10.1 Å². The van der Waals surface area contributed by atoms with Gasteiger partial charge in [0.15, 0.2) is 30.0 Å². The predicted molar refractivity (Wildman–Crippen MR) is 113 cm³/mol. The molecular weight excluding hydrogens is 419 g/mol. The van der Waals surface area contributed by atoms with E-state index in [1.807, 2.05) is 42.7 Å². The van der Waals surface area contributed by atoms with Crippen LogP contribution < -0.4 is 14.2 Å². The molecule has 0 fully saturated rings. The summed E-state index contributed by atoms with van der Waals surface area (Å²) in [5, 5.41) is 11.1. The Morgan fingerprint density at radius 1 is 1.22 bits per heavy atom. The molecule has 0 aliphatic carbocycles. The van der Waals surface area contributed by atoms with Crippen LogP contribution in [-0.4, -0.2) is 34.6 Å². The predicted octanol–water partition coefficient (Wildman–Crippen LogP) is 4.25. The number of para-hydroxylation sites is 2. The molecule has 1 aliphatic heterocycles. The first-order valence-electron chi connectivity index (χ1n) is 9.98. The molecule has 0 amide bonds. The number of aryl methyl sites for hydroxylation is 1. The molecule has 2 heterocycles. The second-order valence-electron chi connectivity index (χ2n) is 7.47. The molecule has 1 aliphatic rings. The molecule has 0 saturated heterocycles. The Bertz CT molecular complexity index is 1190. The number of halogens is 1. The van der Waals surface area contributed by atoms with Crippen molar-refractivity contribution >= 4 is 11.5 Å². The Hall–Kier alpha value is -3.88. The highest BCUT2D eigenvalue weighted by atomic mass is 19.1. The van der Waals surface area contributed by atoms with E-state index in [1.165, 1.54) is 0 Å². The van der Waals surface area contributed by atoms with Gasteiger partial charge in [-0.1, -0.05) is 12.1 Å². The lowest BCUT2D eigenvalue weighted by atomic mass is 10.1. The number of ketones is 1. The topological polar surface area (TPSA) is 92.8 Å². The minimum atomic E-state index is -0.687. The molecule has 1 aromatic heterocycles. The van der Waals surface area contributed by atoms with Crippen molar-refractivity contribution in [2.24, 2.45) is 0 Å². The van der Waals surface area contributed by atoms with Crippen LogP contribution in [0.5, 0.6) is 17.2 Å². The molecule has 2 aromatic carbocycles. The van der Waals surface area contributed by atoms with Crippen LogP contribution in [0.3, 0.4) is 0 Å². The molecule has 0 unspecified atom stereocenters. The first kappa shape index (κ1) is 21.4. The van der Waals surface area contributed by atoms with Crippen molar-refractivity contribution in [3.63, 3.8) is 0 Å². The summed E-state index contributed by atoms with van der Waals surface area (Å²) in [5.41, 5.74) is 1.59. The molecule has 0 radical (unpaired) electrons. The summed E-state index contributed by atoms with van der Waals surface area (Å²) >= 11 is 0. The van der Waals surface area contributed by atoms with E-state index >= 15 is 0 Å². The highest BCUT2D eigenvalue weighted by molar-refractivity contribution is 5.98. The second-order valence-corrected chi connectivity index (χ2v) is 7.47. The highest BCUT2D eigenvalue weighted by Gasteiger charge is 2.24. The smallest absolute Gasteiger partial charge is 0.311 e. The molecule has 0 bridgehead atoms. The van der Waals surface area contributed by atoms with Crippen LogP contribution in [0.2, 0.25) is 0 Å². The summed E-state index contributed by atoms with van der Waals surface area (Å²) in [6.07, 6.45) is -0.233. The largest absolute Gasteiger partial charge is 0.486 e. The molecule has 32 heavy (non-hydrogen) atoms. The fraction of sp³-hybridized carbons (Fsp3) is 0.261. The number of Topliss-reactive ketones (excluding diaryl/α,β-unsaturated/α-hetero) is 1. The summed E-state index contributed by atoms with van der Waals surface area (Å²) in [5.74, 6) is 0.0295. The number of ether oxygens (including phenoxy) is 3. The molecule has 1 atom stereocenters. The van der Waals surface area contributed by atoms with Gasteiger partial charge >= 0.3 is 5.69 Å². The maximum atomic E-state index is 13.5. The van der Waals surface area contributed by atoms with Crippen molar-refractivity contribution in [2.45, 2.75) is 26.5 Å². The van der Waals surface area contributed by atoms with Crippen molar-refractivity contribution in [1.29, 1.82) is 0 Å². The van der Waals surface area contributed by atoms with E-state index in [4.69, 9.17) is 14.2 Å². The zero-order valence-corrected chi connectivity index (χ0v) is 17.5. The Kier molecular flexibility index (Phi) is 5.81. The molecule has 166 valence electrons. The third kappa shape index (κ3) is 4.27. The van der Waals surface area contributed by atoms with Crippen molar-refractivity contribution < 1.29 is 28.3 Å². The molecule has 3 aromatic rings. The Morgan fingerprint density at radius 3 is 2.72 bits per heavy atom. The van der Waals surface area contributed by atoms with Crippen molar-refractivity contribution in [3.05, 3.63) is 81.4 Å².